The van der Waals surface area contributed by atoms with Crippen molar-refractivity contribution in [3.63, 3.8) is 0 Å². The zero-order valence-corrected chi connectivity index (χ0v) is 13.0. The molecule has 1 aromatic carbocycles. The maximum atomic E-state index is 3.62. The minimum absolute atomic E-state index is 1.20. The SMILES string of the molecule is [Br][In]([Br])[CH2]/C=C/c1ccccc1. The van der Waals surface area contributed by atoms with Crippen LogP contribution in [0.15, 0.2) is 36.4 Å². The van der Waals surface area contributed by atoms with Crippen molar-refractivity contribution >= 4 is 47.4 Å². The molecule has 12 heavy (non-hydrogen) atoms. The first-order valence-electron chi connectivity index (χ1n) is 3.79. The molecule has 0 atom stereocenters. The Bertz CT molecular complexity index is 244. The molecule has 3 heteroatoms. The summed E-state index contributed by atoms with van der Waals surface area (Å²) in [5.41, 5.74) is 1.28. The van der Waals surface area contributed by atoms with Gasteiger partial charge in [-0.05, 0) is 0 Å². The summed E-state index contributed by atoms with van der Waals surface area (Å²) in [6, 6.07) is 10.4. The topological polar surface area (TPSA) is 0 Å². The van der Waals surface area contributed by atoms with Crippen LogP contribution in [0.3, 0.4) is 0 Å². The molecule has 0 heterocycles. The van der Waals surface area contributed by atoms with E-state index >= 15 is 0 Å². The molecular weight excluding hydrogens is 383 g/mol. The Morgan fingerprint density at radius 1 is 1.17 bits per heavy atom. The van der Waals surface area contributed by atoms with Gasteiger partial charge in [0.15, 0.2) is 0 Å². The van der Waals surface area contributed by atoms with Crippen LogP contribution >= 0.6 is 24.6 Å². The summed E-state index contributed by atoms with van der Waals surface area (Å²) in [7, 11) is 0. The average molecular weight is 392 g/mol. The molecule has 0 aliphatic carbocycles. The standard InChI is InChI=1S/C9H9.2BrH.In/c1-2-6-9-7-4-3-5-8-9;;;/h2-8H,1H2;2*1H;/q;;;+2/p-2/b6-2+;;;. The van der Waals surface area contributed by atoms with Gasteiger partial charge in [-0.3, -0.25) is 0 Å². The Labute approximate surface area is 92.6 Å². The van der Waals surface area contributed by atoms with Crippen molar-refractivity contribution < 1.29 is 0 Å². The molecule has 0 N–H and O–H groups in total. The van der Waals surface area contributed by atoms with Crippen LogP contribution < -0.4 is 0 Å². The van der Waals surface area contributed by atoms with E-state index in [4.69, 9.17) is 0 Å². The van der Waals surface area contributed by atoms with E-state index in [1.807, 2.05) is 6.07 Å². The van der Waals surface area contributed by atoms with Crippen LogP contribution in [0.25, 0.3) is 6.08 Å². The van der Waals surface area contributed by atoms with Crippen molar-refractivity contribution in [1.29, 1.82) is 0 Å². The van der Waals surface area contributed by atoms with E-state index in [0.29, 0.717) is 0 Å². The second kappa shape index (κ2) is 6.28. The predicted molar refractivity (Wildman–Crippen MR) is 63.9 cm³/mol. The summed E-state index contributed by atoms with van der Waals surface area (Å²) in [6.45, 7) is 0. The Kier molecular flexibility index (Phi) is 5.68. The molecule has 1 rings (SSSR count). The van der Waals surface area contributed by atoms with Gasteiger partial charge in [0.05, 0.1) is 0 Å². The normalized spacial score (nSPS) is 10.5. The first-order chi connectivity index (χ1) is 5.79. The van der Waals surface area contributed by atoms with Crippen molar-refractivity contribution in [3.05, 3.63) is 42.0 Å². The van der Waals surface area contributed by atoms with Gasteiger partial charge in [0.25, 0.3) is 0 Å². The zero-order chi connectivity index (χ0) is 8.81. The molecule has 0 spiro atoms. The molecular formula is C9H9Br2In. The van der Waals surface area contributed by atoms with Crippen LogP contribution in [0.4, 0.5) is 0 Å². The first kappa shape index (κ1) is 10.9. The van der Waals surface area contributed by atoms with E-state index in [-0.39, 0.29) is 0 Å². The molecule has 0 aliphatic heterocycles. The number of halogens is 2. The average Bonchev–Trinajstić information content (AvgIpc) is 2.05. The molecule has 0 fully saturated rings. The van der Waals surface area contributed by atoms with Crippen LogP contribution in [-0.4, -0.2) is 16.8 Å². The summed E-state index contributed by atoms with van der Waals surface area (Å²) in [4.78, 5) is 0. The van der Waals surface area contributed by atoms with Gasteiger partial charge in [-0.2, -0.15) is 0 Å². The molecule has 0 saturated heterocycles. The van der Waals surface area contributed by atoms with Gasteiger partial charge < -0.3 is 0 Å². The van der Waals surface area contributed by atoms with Crippen LogP contribution in [0.5, 0.6) is 0 Å². The van der Waals surface area contributed by atoms with Crippen LogP contribution in [0, 0.1) is 0 Å². The molecule has 62 valence electrons. The minimum atomic E-state index is -1.36. The number of hydrogen-bond donors (Lipinski definition) is 0. The third kappa shape index (κ3) is 4.73. The van der Waals surface area contributed by atoms with Gasteiger partial charge in [-0.1, -0.05) is 0 Å². The van der Waals surface area contributed by atoms with E-state index in [1.54, 1.807) is 0 Å². The van der Waals surface area contributed by atoms with Crippen molar-refractivity contribution in [2.75, 3.05) is 0 Å². The fourth-order valence-electron chi connectivity index (χ4n) is 0.871. The Balaban J connectivity index is 2.47. The molecule has 0 bridgehead atoms. The fraction of sp³-hybridized carbons (Fsp3) is 0.111. The molecule has 1 aromatic rings. The fourth-order valence-corrected chi connectivity index (χ4v) is 4.74. The molecule has 0 aromatic heterocycles. The van der Waals surface area contributed by atoms with Gasteiger partial charge in [0.1, 0.15) is 0 Å². The van der Waals surface area contributed by atoms with Crippen LogP contribution in [0.1, 0.15) is 5.56 Å². The molecule has 0 radical (unpaired) electrons. The van der Waals surface area contributed by atoms with Crippen molar-refractivity contribution in [1.82, 2.24) is 0 Å². The maximum absolute atomic E-state index is 3.62. The second-order valence-electron chi connectivity index (χ2n) is 2.44. The molecule has 0 amide bonds. The Morgan fingerprint density at radius 3 is 2.42 bits per heavy atom. The zero-order valence-electron chi connectivity index (χ0n) is 6.58. The van der Waals surface area contributed by atoms with Crippen molar-refractivity contribution in [2.24, 2.45) is 0 Å². The summed E-state index contributed by atoms with van der Waals surface area (Å²) in [5, 5.41) is 0. The molecule has 0 unspecified atom stereocenters. The van der Waals surface area contributed by atoms with E-state index < -0.39 is 16.8 Å². The monoisotopic (exact) mass is 390 g/mol. The van der Waals surface area contributed by atoms with E-state index in [0.717, 1.165) is 0 Å². The van der Waals surface area contributed by atoms with Crippen molar-refractivity contribution in [3.8, 4) is 0 Å². The van der Waals surface area contributed by atoms with Gasteiger partial charge in [0, 0.05) is 0 Å². The van der Waals surface area contributed by atoms with Gasteiger partial charge in [-0.15, -0.1) is 0 Å². The van der Waals surface area contributed by atoms with Gasteiger partial charge in [-0.25, -0.2) is 0 Å². The van der Waals surface area contributed by atoms with Crippen molar-refractivity contribution in [2.45, 2.75) is 4.18 Å². The number of allylic oxidation sites excluding steroid dienone is 1. The van der Waals surface area contributed by atoms with Crippen LogP contribution in [0.2, 0.25) is 4.18 Å². The second-order valence-corrected chi connectivity index (χ2v) is 29.1. The number of hydrogen-bond acceptors (Lipinski definition) is 0. The third-order valence-electron chi connectivity index (χ3n) is 1.42. The number of benzene rings is 1. The molecule has 0 saturated carbocycles. The van der Waals surface area contributed by atoms with Gasteiger partial charge in [0.2, 0.25) is 0 Å². The predicted octanol–water partition coefficient (Wildman–Crippen LogP) is 3.98. The summed E-state index contributed by atoms with van der Waals surface area (Å²) < 4.78 is 1.20. The van der Waals surface area contributed by atoms with E-state index in [2.05, 4.69) is 61.0 Å². The van der Waals surface area contributed by atoms with Crippen LogP contribution in [-0.2, 0) is 0 Å². The Hall–Kier alpha value is 0.790. The summed E-state index contributed by atoms with van der Waals surface area (Å²) in [5.74, 6) is 0. The molecule has 0 aliphatic rings. The third-order valence-corrected chi connectivity index (χ3v) is 8.23. The summed E-state index contributed by atoms with van der Waals surface area (Å²) >= 11 is 5.88. The number of rotatable bonds is 3. The first-order valence-corrected chi connectivity index (χ1v) is 20.9. The van der Waals surface area contributed by atoms with E-state index in [9.17, 15) is 0 Å². The van der Waals surface area contributed by atoms with E-state index in [1.165, 1.54) is 9.74 Å². The summed E-state index contributed by atoms with van der Waals surface area (Å²) in [6.07, 6.45) is 4.41. The van der Waals surface area contributed by atoms with Gasteiger partial charge >= 0.3 is 93.6 Å². The quantitative estimate of drug-likeness (QED) is 0.731. The molecule has 0 nitrogen and oxygen atoms in total. The Morgan fingerprint density at radius 2 is 1.83 bits per heavy atom.